The zero-order valence-electron chi connectivity index (χ0n) is 47.0. The van der Waals surface area contributed by atoms with E-state index in [9.17, 15) is 39.0 Å². The number of carbonyl (C=O) groups is 6. The summed E-state index contributed by atoms with van der Waals surface area (Å²) in [5.74, 6) is -9.63. The zero-order valence-corrected chi connectivity index (χ0v) is 47.0. The highest BCUT2D eigenvalue weighted by molar-refractivity contribution is 6.39. The molecule has 1 saturated carbocycles. The van der Waals surface area contributed by atoms with Crippen molar-refractivity contribution in [3.63, 3.8) is 0 Å². The average molecular weight is 1060 g/mol. The van der Waals surface area contributed by atoms with Gasteiger partial charge < -0.3 is 53.0 Å². The Morgan fingerprint density at radius 2 is 1.53 bits per heavy atom. The highest BCUT2D eigenvalue weighted by Crippen LogP contribution is 2.39. The average Bonchev–Trinajstić information content (AvgIpc) is 3.87. The van der Waals surface area contributed by atoms with Crippen molar-refractivity contribution >= 4 is 35.2 Å². The fourth-order valence-corrected chi connectivity index (χ4v) is 11.2. The number of Topliss-reactive ketones (excluding diaryl/α,β-unsaturated/α-hetero) is 3. The van der Waals surface area contributed by atoms with Crippen LogP contribution in [0.25, 0.3) is 0 Å². The third kappa shape index (κ3) is 15.9. The Labute approximate surface area is 445 Å². The fourth-order valence-electron chi connectivity index (χ4n) is 11.2. The molecular weight excluding hydrogens is 967 g/mol. The predicted molar refractivity (Wildman–Crippen MR) is 278 cm³/mol. The number of aliphatic hydroxyl groups excluding tert-OH is 1. The molecular formula is C58H89NO16. The van der Waals surface area contributed by atoms with Crippen molar-refractivity contribution in [1.82, 2.24) is 4.90 Å². The predicted octanol–water partition coefficient (Wildman–Crippen LogP) is 7.13. The van der Waals surface area contributed by atoms with Crippen LogP contribution in [0.1, 0.15) is 140 Å². The van der Waals surface area contributed by atoms with Crippen LogP contribution in [0.15, 0.2) is 47.6 Å². The number of rotatable bonds is 8. The second kappa shape index (κ2) is 27.1. The maximum atomic E-state index is 14.5. The SMILES string of the molecule is CO[C@H]1C[C@@H]2CC[C@@H](C)[C@@](O)(O2)C(=O)C(=O)N2CCC[C@H]2C(=O)O[C@H]([C@H](C)C[C@@H]2CC[C@@H](OC(=O)C3(C)COC(C)(C)OC3)[C@H](OC)C2)CC(=O)[C@H](C)/C=C(\C)[C@@H](O)[C@@H](OC)C(=O)[C@H](C)C[C@H](C)/C=C/C=C/C=C1C. The topological polar surface area (TPSA) is 220 Å². The molecule has 2 bridgehead atoms. The minimum atomic E-state index is -2.45. The molecule has 1 aliphatic carbocycles. The van der Waals surface area contributed by atoms with Crippen LogP contribution in [0.2, 0.25) is 0 Å². The summed E-state index contributed by atoms with van der Waals surface area (Å²) in [6.07, 6.45) is 9.81. The molecule has 17 heteroatoms. The molecule has 15 atom stereocenters. The molecule has 1 amide bonds. The molecule has 4 heterocycles. The molecule has 0 aromatic carbocycles. The Bertz CT molecular complexity index is 2120. The number of esters is 2. The molecule has 5 rings (SSSR count). The van der Waals surface area contributed by atoms with Crippen LogP contribution in [0, 0.1) is 40.9 Å². The highest BCUT2D eigenvalue weighted by Gasteiger charge is 2.54. The molecule has 3 saturated heterocycles. The van der Waals surface area contributed by atoms with E-state index in [1.54, 1.807) is 61.8 Å². The summed E-state index contributed by atoms with van der Waals surface area (Å²) >= 11 is 0. The molecule has 0 radical (unpaired) electrons. The monoisotopic (exact) mass is 1060 g/mol. The number of amides is 1. The number of aliphatic hydroxyl groups is 2. The van der Waals surface area contributed by atoms with Crippen LogP contribution in [0.3, 0.4) is 0 Å². The number of fused-ring (bicyclic) bond motifs is 3. The van der Waals surface area contributed by atoms with Gasteiger partial charge in [-0.2, -0.15) is 0 Å². The van der Waals surface area contributed by atoms with Gasteiger partial charge in [0.2, 0.25) is 5.79 Å². The van der Waals surface area contributed by atoms with Crippen LogP contribution in [0.4, 0.5) is 0 Å². The van der Waals surface area contributed by atoms with E-state index in [0.717, 1.165) is 10.5 Å². The van der Waals surface area contributed by atoms with Gasteiger partial charge in [0.25, 0.3) is 11.7 Å². The molecule has 422 valence electrons. The van der Waals surface area contributed by atoms with Gasteiger partial charge in [0.05, 0.1) is 31.5 Å². The normalized spacial score (nSPS) is 38.3. The maximum absolute atomic E-state index is 14.5. The van der Waals surface area contributed by atoms with E-state index < -0.39 is 113 Å². The first-order chi connectivity index (χ1) is 35.3. The Hall–Kier alpha value is -3.94. The van der Waals surface area contributed by atoms with Crippen molar-refractivity contribution in [2.24, 2.45) is 40.9 Å². The number of hydrogen-bond acceptors (Lipinski definition) is 16. The lowest BCUT2D eigenvalue weighted by atomic mass is 9.78. The summed E-state index contributed by atoms with van der Waals surface area (Å²) in [5, 5.41) is 23.5. The summed E-state index contributed by atoms with van der Waals surface area (Å²) in [4.78, 5) is 85.7. The summed E-state index contributed by atoms with van der Waals surface area (Å²) in [6, 6.07) is -1.17. The first kappa shape index (κ1) is 61.9. The van der Waals surface area contributed by atoms with Crippen LogP contribution in [-0.2, 0) is 66.7 Å². The minimum Gasteiger partial charge on any atom is -0.460 e. The van der Waals surface area contributed by atoms with E-state index in [2.05, 4.69) is 0 Å². The van der Waals surface area contributed by atoms with Crippen molar-refractivity contribution in [3.05, 3.63) is 47.6 Å². The molecule has 4 fully saturated rings. The van der Waals surface area contributed by atoms with Crippen LogP contribution < -0.4 is 0 Å². The maximum Gasteiger partial charge on any atom is 0.329 e. The molecule has 0 aromatic rings. The number of ketones is 3. The van der Waals surface area contributed by atoms with Crippen LogP contribution >= 0.6 is 0 Å². The molecule has 75 heavy (non-hydrogen) atoms. The molecule has 4 aliphatic heterocycles. The Balaban J connectivity index is 1.41. The number of carbonyl (C=O) groups excluding carboxylic acids is 6. The van der Waals surface area contributed by atoms with Crippen LogP contribution in [0.5, 0.6) is 0 Å². The van der Waals surface area contributed by atoms with Gasteiger partial charge in [0, 0.05) is 58.5 Å². The van der Waals surface area contributed by atoms with Gasteiger partial charge in [-0.25, -0.2) is 4.79 Å². The molecule has 2 N–H and O–H groups in total. The third-order valence-corrected chi connectivity index (χ3v) is 16.4. The molecule has 17 nitrogen and oxygen atoms in total. The zero-order chi connectivity index (χ0) is 55.6. The van der Waals surface area contributed by atoms with E-state index in [-0.39, 0.29) is 56.0 Å². The van der Waals surface area contributed by atoms with Crippen molar-refractivity contribution in [1.29, 1.82) is 0 Å². The largest absolute Gasteiger partial charge is 0.460 e. The van der Waals surface area contributed by atoms with Crippen molar-refractivity contribution in [2.75, 3.05) is 41.1 Å². The Morgan fingerprint density at radius 1 is 0.840 bits per heavy atom. The Kier molecular flexibility index (Phi) is 22.4. The second-order valence-electron chi connectivity index (χ2n) is 23.2. The summed E-state index contributed by atoms with van der Waals surface area (Å²) < 4.78 is 47.5. The number of cyclic esters (lactones) is 1. The molecule has 5 aliphatic rings. The van der Waals surface area contributed by atoms with E-state index in [4.69, 9.17) is 37.9 Å². The van der Waals surface area contributed by atoms with E-state index in [0.29, 0.717) is 63.4 Å². The summed E-state index contributed by atoms with van der Waals surface area (Å²) in [5.41, 5.74) is 0.242. The van der Waals surface area contributed by atoms with E-state index >= 15 is 0 Å². The highest BCUT2D eigenvalue weighted by atomic mass is 16.7. The quantitative estimate of drug-likeness (QED) is 0.140. The molecule has 0 unspecified atom stereocenters. The number of allylic oxidation sites excluding steroid dienone is 6. The van der Waals surface area contributed by atoms with Crippen molar-refractivity contribution in [3.8, 4) is 0 Å². The number of ether oxygens (including phenoxy) is 8. The van der Waals surface area contributed by atoms with Crippen molar-refractivity contribution < 1.29 is 76.9 Å². The first-order valence-corrected chi connectivity index (χ1v) is 27.3. The van der Waals surface area contributed by atoms with Gasteiger partial charge in [0.15, 0.2) is 11.6 Å². The van der Waals surface area contributed by atoms with E-state index in [1.165, 1.54) is 7.11 Å². The first-order valence-electron chi connectivity index (χ1n) is 27.3. The number of methoxy groups -OCH3 is 3. The standard InChI is InChI=1S/C58H89NO16/c1-34-18-15-14-16-19-35(2)46(68-11)30-42-23-21-40(7)58(67,75-42)52(63)53(64)59-25-17-20-43(59)54(65)73-47(31-44(60)36(3)27-39(6)50(62)51(70-13)49(61)38(5)26-34)37(4)28-41-22-24-45(48(29-41)69-12)74-55(66)57(10)32-71-56(8,9)72-33-57/h14-16,18-19,27,34,36-38,40-43,45-48,50-51,62,67H,17,20-26,28-33H2,1-13H3/b16-14+,18-15+,35-19?,39-27+/t34-,36-,37-,38-,40-,41+,42+,43+,45-,46+,47+,48-,50-,51+,58-/m1/s1. The lowest BCUT2D eigenvalue weighted by Gasteiger charge is -2.42. The van der Waals surface area contributed by atoms with E-state index in [1.807, 2.05) is 58.1 Å². The van der Waals surface area contributed by atoms with Gasteiger partial charge in [-0.15, -0.1) is 0 Å². The smallest absolute Gasteiger partial charge is 0.329 e. The minimum absolute atomic E-state index is 0.00107. The second-order valence-corrected chi connectivity index (χ2v) is 23.2. The fraction of sp³-hybridized carbons (Fsp3) is 0.759. The van der Waals surface area contributed by atoms with Gasteiger partial charge in [-0.3, -0.25) is 24.0 Å². The van der Waals surface area contributed by atoms with Crippen LogP contribution in [-0.4, -0.2) is 152 Å². The number of nitrogens with zero attached hydrogens (tertiary/aromatic N) is 1. The summed E-state index contributed by atoms with van der Waals surface area (Å²) in [7, 11) is 4.51. The van der Waals surface area contributed by atoms with Gasteiger partial charge >= 0.3 is 11.9 Å². The summed E-state index contributed by atoms with van der Waals surface area (Å²) in [6.45, 7) is 18.3. The van der Waals surface area contributed by atoms with Gasteiger partial charge in [-0.1, -0.05) is 71.1 Å². The molecule has 0 aromatic heterocycles. The lowest BCUT2D eigenvalue weighted by molar-refractivity contribution is -0.283. The lowest BCUT2D eigenvalue weighted by Crippen LogP contribution is -2.59. The Morgan fingerprint density at radius 3 is 2.19 bits per heavy atom. The van der Waals surface area contributed by atoms with Gasteiger partial charge in [0.1, 0.15) is 41.7 Å². The molecule has 0 spiro atoms. The van der Waals surface area contributed by atoms with Gasteiger partial charge in [-0.05, 0) is 121 Å². The third-order valence-electron chi connectivity index (χ3n) is 16.4. The van der Waals surface area contributed by atoms with Crippen molar-refractivity contribution in [2.45, 2.75) is 200 Å². The number of hydrogen-bond donors (Lipinski definition) is 2.